The van der Waals surface area contributed by atoms with Gasteiger partial charge in [0.2, 0.25) is 0 Å². The number of carbonyl (C=O) groups excluding carboxylic acids is 1. The van der Waals surface area contributed by atoms with Crippen LogP contribution in [0.1, 0.15) is 86.5 Å². The molecule has 0 saturated heterocycles. The summed E-state index contributed by atoms with van der Waals surface area (Å²) in [6, 6.07) is 0. The van der Waals surface area contributed by atoms with Gasteiger partial charge in [-0.15, -0.1) is 0 Å². The molecule has 4 aliphatic rings. The number of hydrogen-bond acceptors (Lipinski definition) is 7. The van der Waals surface area contributed by atoms with Gasteiger partial charge in [0.15, 0.2) is 5.78 Å². The molecule has 0 aliphatic heterocycles. The van der Waals surface area contributed by atoms with Crippen molar-refractivity contribution >= 4 is 5.78 Å². The fourth-order valence-corrected chi connectivity index (χ4v) is 9.20. The second kappa shape index (κ2) is 9.13. The van der Waals surface area contributed by atoms with Gasteiger partial charge in [0.1, 0.15) is 6.10 Å². The molecule has 0 aromatic carbocycles. The van der Waals surface area contributed by atoms with Gasteiger partial charge in [0, 0.05) is 11.3 Å². The van der Waals surface area contributed by atoms with Crippen LogP contribution in [-0.2, 0) is 4.79 Å². The molecule has 206 valence electrons. The highest BCUT2D eigenvalue weighted by Crippen LogP contribution is 2.68. The van der Waals surface area contributed by atoms with Crippen molar-refractivity contribution in [2.75, 3.05) is 0 Å². The fraction of sp³-hybridized carbons (Fsp3) is 0.897. The monoisotopic (exact) mass is 508 g/mol. The number of hydrogen-bond donors (Lipinski definition) is 6. The highest BCUT2D eigenvalue weighted by Gasteiger charge is 2.69. The smallest absolute Gasteiger partial charge is 0.159 e. The zero-order chi connectivity index (χ0) is 27.0. The van der Waals surface area contributed by atoms with Crippen molar-refractivity contribution in [1.82, 2.24) is 0 Å². The maximum Gasteiger partial charge on any atom is 0.159 e. The quantitative estimate of drug-likeness (QED) is 0.324. The van der Waals surface area contributed by atoms with E-state index in [1.165, 1.54) is 0 Å². The lowest BCUT2D eigenvalue weighted by atomic mass is 9.45. The summed E-state index contributed by atoms with van der Waals surface area (Å²) in [7, 11) is 0. The molecule has 0 aromatic heterocycles. The van der Waals surface area contributed by atoms with Crippen LogP contribution in [0, 0.1) is 40.4 Å². The first kappa shape index (κ1) is 28.2. The summed E-state index contributed by atoms with van der Waals surface area (Å²) in [5.41, 5.74) is -3.63. The van der Waals surface area contributed by atoms with Crippen molar-refractivity contribution in [3.63, 3.8) is 0 Å². The Bertz CT molecular complexity index is 898. The number of fused-ring (bicyclic) bond motifs is 5. The van der Waals surface area contributed by atoms with E-state index in [9.17, 15) is 35.4 Å². The molecule has 36 heavy (non-hydrogen) atoms. The third-order valence-electron chi connectivity index (χ3n) is 11.5. The predicted octanol–water partition coefficient (Wildman–Crippen LogP) is 2.35. The van der Waals surface area contributed by atoms with E-state index < -0.39 is 58.3 Å². The Morgan fingerprint density at radius 2 is 1.72 bits per heavy atom. The molecule has 0 radical (unpaired) electrons. The lowest BCUT2D eigenvalue weighted by molar-refractivity contribution is -0.198. The molecule has 0 aromatic rings. The summed E-state index contributed by atoms with van der Waals surface area (Å²) in [5.74, 6) is -1.12. The Hall–Kier alpha value is -0.830. The lowest BCUT2D eigenvalue weighted by Gasteiger charge is -2.60. The molecule has 3 saturated carbocycles. The highest BCUT2D eigenvalue weighted by atomic mass is 16.4. The zero-order valence-corrected chi connectivity index (χ0v) is 22.8. The van der Waals surface area contributed by atoms with Gasteiger partial charge in [-0.1, -0.05) is 41.0 Å². The van der Waals surface area contributed by atoms with E-state index in [0.29, 0.717) is 44.1 Å². The molecule has 6 N–H and O–H groups in total. The minimum Gasteiger partial charge on any atom is -0.390 e. The van der Waals surface area contributed by atoms with E-state index in [4.69, 9.17) is 0 Å². The number of ketones is 1. The van der Waals surface area contributed by atoms with Crippen LogP contribution in [-0.4, -0.2) is 72.0 Å². The first-order valence-electron chi connectivity index (χ1n) is 14.0. The minimum absolute atomic E-state index is 0.106. The SMILES string of the molecule is CC[C@H](C(C)C)[C@H](O)[C@@H](O)[C@](C)(O)[C@H]1CC[C@@]2(O)C3=CC(=O)[C@@H]4C[C@@H](O)[C@@H](O)C[C@]4(C)[C@H]3CC[C@]12C. The van der Waals surface area contributed by atoms with E-state index in [-0.39, 0.29) is 30.0 Å². The summed E-state index contributed by atoms with van der Waals surface area (Å²) >= 11 is 0. The Kier molecular flexibility index (Phi) is 7.15. The fourth-order valence-electron chi connectivity index (χ4n) is 9.20. The molecule has 7 nitrogen and oxygen atoms in total. The Labute approximate surface area is 215 Å². The van der Waals surface area contributed by atoms with Gasteiger partial charge >= 0.3 is 0 Å². The summed E-state index contributed by atoms with van der Waals surface area (Å²) in [6.45, 7) is 11.5. The van der Waals surface area contributed by atoms with Gasteiger partial charge in [0.25, 0.3) is 0 Å². The zero-order valence-electron chi connectivity index (χ0n) is 22.8. The molecule has 0 bridgehead atoms. The number of aliphatic hydroxyl groups excluding tert-OH is 4. The number of aliphatic hydroxyl groups is 6. The van der Waals surface area contributed by atoms with Gasteiger partial charge in [-0.3, -0.25) is 4.79 Å². The minimum atomic E-state index is -1.63. The summed E-state index contributed by atoms with van der Waals surface area (Å²) in [5, 5.41) is 67.2. The molecule has 0 unspecified atom stereocenters. The van der Waals surface area contributed by atoms with Crippen molar-refractivity contribution in [2.24, 2.45) is 40.4 Å². The second-order valence-electron chi connectivity index (χ2n) is 13.6. The van der Waals surface area contributed by atoms with Crippen molar-refractivity contribution in [1.29, 1.82) is 0 Å². The Morgan fingerprint density at radius 1 is 1.08 bits per heavy atom. The molecule has 4 aliphatic carbocycles. The van der Waals surface area contributed by atoms with Crippen LogP contribution >= 0.6 is 0 Å². The van der Waals surface area contributed by atoms with Crippen LogP contribution in [0.2, 0.25) is 0 Å². The average molecular weight is 509 g/mol. The van der Waals surface area contributed by atoms with Crippen LogP contribution in [0.3, 0.4) is 0 Å². The first-order valence-corrected chi connectivity index (χ1v) is 14.0. The molecular formula is C29H48O7. The maximum atomic E-state index is 13.3. The van der Waals surface area contributed by atoms with E-state index in [1.54, 1.807) is 13.0 Å². The second-order valence-corrected chi connectivity index (χ2v) is 13.6. The van der Waals surface area contributed by atoms with Crippen LogP contribution in [0.25, 0.3) is 0 Å². The number of rotatable bonds is 6. The van der Waals surface area contributed by atoms with Gasteiger partial charge in [-0.2, -0.15) is 0 Å². The van der Waals surface area contributed by atoms with Crippen LogP contribution < -0.4 is 0 Å². The number of allylic oxidation sites excluding steroid dienone is 1. The normalized spacial score (nSPS) is 46.8. The first-order chi connectivity index (χ1) is 16.6. The Balaban J connectivity index is 1.69. The summed E-state index contributed by atoms with van der Waals surface area (Å²) < 4.78 is 0. The average Bonchev–Trinajstić information content (AvgIpc) is 3.07. The molecular weight excluding hydrogens is 460 g/mol. The van der Waals surface area contributed by atoms with E-state index in [0.717, 1.165) is 0 Å². The molecule has 7 heteroatoms. The molecule has 0 heterocycles. The third kappa shape index (κ3) is 3.79. The molecule has 3 fully saturated rings. The maximum absolute atomic E-state index is 13.3. The molecule has 4 rings (SSSR count). The van der Waals surface area contributed by atoms with Crippen molar-refractivity contribution in [3.05, 3.63) is 11.6 Å². The largest absolute Gasteiger partial charge is 0.390 e. The van der Waals surface area contributed by atoms with Crippen molar-refractivity contribution in [2.45, 2.75) is 122 Å². The lowest BCUT2D eigenvalue weighted by Crippen LogP contribution is -2.64. The molecule has 0 spiro atoms. The van der Waals surface area contributed by atoms with Gasteiger partial charge < -0.3 is 30.6 Å². The summed E-state index contributed by atoms with van der Waals surface area (Å²) in [6.07, 6.45) is 0.600. The van der Waals surface area contributed by atoms with E-state index >= 15 is 0 Å². The highest BCUT2D eigenvalue weighted by molar-refractivity contribution is 5.95. The third-order valence-corrected chi connectivity index (χ3v) is 11.5. The van der Waals surface area contributed by atoms with Gasteiger partial charge in [-0.05, 0) is 86.2 Å². The van der Waals surface area contributed by atoms with Crippen LogP contribution in [0.4, 0.5) is 0 Å². The van der Waals surface area contributed by atoms with Gasteiger partial charge in [-0.25, -0.2) is 0 Å². The number of carbonyl (C=O) groups is 1. The van der Waals surface area contributed by atoms with Crippen LogP contribution in [0.5, 0.6) is 0 Å². The van der Waals surface area contributed by atoms with Crippen LogP contribution in [0.15, 0.2) is 11.6 Å². The van der Waals surface area contributed by atoms with E-state index in [1.807, 2.05) is 34.6 Å². The van der Waals surface area contributed by atoms with Gasteiger partial charge in [0.05, 0.1) is 29.5 Å². The molecule has 0 amide bonds. The van der Waals surface area contributed by atoms with Crippen molar-refractivity contribution < 1.29 is 35.4 Å². The topological polar surface area (TPSA) is 138 Å². The molecule has 12 atom stereocenters. The summed E-state index contributed by atoms with van der Waals surface area (Å²) in [4.78, 5) is 13.3. The van der Waals surface area contributed by atoms with E-state index in [2.05, 4.69) is 0 Å². The standard InChI is InChI=1S/C29H48O7/c1-7-16(15(2)3)24(33)25(34)28(6,35)23-9-11-29(36)18-12-20(30)19-13-21(31)22(32)14-26(19,4)17(18)8-10-27(23,29)5/h12,15-17,19,21-25,31-36H,7-11,13-14H2,1-6H3/t16-,17+,19+,21-,22+,23+,24+,25-,26-,27-,28-,29-/m1/s1. The van der Waals surface area contributed by atoms with Crippen molar-refractivity contribution in [3.8, 4) is 0 Å². The predicted molar refractivity (Wildman–Crippen MR) is 136 cm³/mol. The Morgan fingerprint density at radius 3 is 2.31 bits per heavy atom.